The second-order valence-corrected chi connectivity index (χ2v) is 7.98. The van der Waals surface area contributed by atoms with Crippen molar-refractivity contribution < 1.29 is 13.2 Å². The topological polar surface area (TPSA) is 78.5 Å². The van der Waals surface area contributed by atoms with E-state index in [1.165, 1.54) is 0 Å². The molecule has 0 bridgehead atoms. The van der Waals surface area contributed by atoms with Crippen LogP contribution in [0.25, 0.3) is 0 Å². The van der Waals surface area contributed by atoms with Crippen molar-refractivity contribution in [2.24, 2.45) is 0 Å². The predicted molar refractivity (Wildman–Crippen MR) is 77.8 cm³/mol. The molecule has 0 aliphatic carbocycles. The monoisotopic (exact) mass is 303 g/mol. The Hall–Kier alpha value is -0.660. The first-order valence-corrected chi connectivity index (χ1v) is 9.21. The maximum absolute atomic E-state index is 12.7. The zero-order valence-electron chi connectivity index (χ0n) is 12.3. The third-order valence-electron chi connectivity index (χ3n) is 4.18. The van der Waals surface area contributed by atoms with Gasteiger partial charge in [-0.05, 0) is 45.6 Å². The van der Waals surface area contributed by atoms with Crippen LogP contribution < -0.4 is 10.0 Å². The number of amides is 1. The van der Waals surface area contributed by atoms with E-state index in [0.29, 0.717) is 6.54 Å². The normalized spacial score (nSPS) is 32.1. The molecule has 20 heavy (non-hydrogen) atoms. The second kappa shape index (κ2) is 5.99. The van der Waals surface area contributed by atoms with Crippen molar-refractivity contribution in [3.63, 3.8) is 0 Å². The van der Waals surface area contributed by atoms with Crippen molar-refractivity contribution in [1.82, 2.24) is 14.9 Å². The number of hydrogen-bond acceptors (Lipinski definition) is 4. The predicted octanol–water partition coefficient (Wildman–Crippen LogP) is 0.0588. The highest BCUT2D eigenvalue weighted by atomic mass is 32.2. The molecular formula is C13H25N3O3S. The molecule has 2 aliphatic heterocycles. The van der Waals surface area contributed by atoms with Crippen LogP contribution in [0.2, 0.25) is 0 Å². The molecule has 2 fully saturated rings. The van der Waals surface area contributed by atoms with Crippen LogP contribution in [0, 0.1) is 0 Å². The number of nitrogens with one attached hydrogen (secondary N) is 2. The second-order valence-electron chi connectivity index (χ2n) is 6.20. The number of carbonyl (C=O) groups is 1. The average molecular weight is 303 g/mol. The lowest BCUT2D eigenvalue weighted by Gasteiger charge is -2.41. The molecule has 1 amide bonds. The summed E-state index contributed by atoms with van der Waals surface area (Å²) in [7, 11) is -3.22. The van der Waals surface area contributed by atoms with Crippen LogP contribution in [0.5, 0.6) is 0 Å². The van der Waals surface area contributed by atoms with Crippen molar-refractivity contribution in [3.05, 3.63) is 0 Å². The van der Waals surface area contributed by atoms with Crippen LogP contribution in [0.1, 0.15) is 39.0 Å². The molecule has 116 valence electrons. The highest BCUT2D eigenvalue weighted by Crippen LogP contribution is 2.23. The van der Waals surface area contributed by atoms with Gasteiger partial charge in [0.25, 0.3) is 0 Å². The Kier molecular flexibility index (Phi) is 4.71. The van der Waals surface area contributed by atoms with Gasteiger partial charge in [-0.25, -0.2) is 13.1 Å². The highest BCUT2D eigenvalue weighted by Gasteiger charge is 2.39. The summed E-state index contributed by atoms with van der Waals surface area (Å²) in [5.41, 5.74) is -0.481. The van der Waals surface area contributed by atoms with Gasteiger partial charge in [-0.15, -0.1) is 0 Å². The first kappa shape index (κ1) is 15.7. The van der Waals surface area contributed by atoms with Crippen LogP contribution in [-0.2, 0) is 14.8 Å². The summed E-state index contributed by atoms with van der Waals surface area (Å²) < 4.78 is 25.2. The van der Waals surface area contributed by atoms with E-state index in [0.717, 1.165) is 51.4 Å². The summed E-state index contributed by atoms with van der Waals surface area (Å²) in [4.78, 5) is 14.5. The Morgan fingerprint density at radius 3 is 2.70 bits per heavy atom. The summed E-state index contributed by atoms with van der Waals surface area (Å²) >= 11 is 0. The first-order chi connectivity index (χ1) is 9.30. The highest BCUT2D eigenvalue weighted by molar-refractivity contribution is 7.88. The molecule has 2 unspecified atom stereocenters. The molecule has 0 spiro atoms. The Balaban J connectivity index is 1.99. The Bertz CT molecular complexity index is 457. The van der Waals surface area contributed by atoms with Gasteiger partial charge in [0.05, 0.1) is 11.8 Å². The molecule has 0 saturated carbocycles. The number of carbonyl (C=O) groups excluding carboxylic acids is 1. The van der Waals surface area contributed by atoms with Crippen LogP contribution in [0.4, 0.5) is 0 Å². The fourth-order valence-electron chi connectivity index (χ4n) is 3.15. The third-order valence-corrected chi connectivity index (χ3v) is 4.94. The van der Waals surface area contributed by atoms with Crippen LogP contribution in [0.3, 0.4) is 0 Å². The standard InChI is InChI=1S/C13H25N3O3S/c1-13(7-3-4-8-14-13)12(17)16-9-5-6-11(10-16)15-20(2,18)19/h11,14-15H,3-10H2,1-2H3. The molecule has 0 radical (unpaired) electrons. The van der Waals surface area contributed by atoms with Crippen molar-refractivity contribution in [2.45, 2.75) is 50.6 Å². The molecule has 2 atom stereocenters. The van der Waals surface area contributed by atoms with E-state index >= 15 is 0 Å². The summed E-state index contributed by atoms with van der Waals surface area (Å²) in [5.74, 6) is 0.109. The van der Waals surface area contributed by atoms with E-state index in [1.807, 2.05) is 11.8 Å². The molecule has 2 saturated heterocycles. The molecule has 0 aromatic carbocycles. The minimum absolute atomic E-state index is 0.109. The van der Waals surface area contributed by atoms with Gasteiger partial charge < -0.3 is 10.2 Å². The molecule has 0 aromatic rings. The number of piperidine rings is 2. The van der Waals surface area contributed by atoms with Crippen LogP contribution in [-0.4, -0.2) is 56.7 Å². The maximum Gasteiger partial charge on any atom is 0.242 e. The van der Waals surface area contributed by atoms with Gasteiger partial charge in [0.1, 0.15) is 0 Å². The van der Waals surface area contributed by atoms with Crippen molar-refractivity contribution >= 4 is 15.9 Å². The van der Waals surface area contributed by atoms with Crippen molar-refractivity contribution in [3.8, 4) is 0 Å². The smallest absolute Gasteiger partial charge is 0.242 e. The quantitative estimate of drug-likeness (QED) is 0.773. The van der Waals surface area contributed by atoms with E-state index < -0.39 is 15.6 Å². The minimum atomic E-state index is -3.22. The van der Waals surface area contributed by atoms with Crippen LogP contribution in [0.15, 0.2) is 0 Å². The van der Waals surface area contributed by atoms with Gasteiger partial charge in [0.2, 0.25) is 15.9 Å². The molecule has 2 heterocycles. The molecule has 2 N–H and O–H groups in total. The molecule has 7 heteroatoms. The molecule has 6 nitrogen and oxygen atoms in total. The van der Waals surface area contributed by atoms with E-state index in [4.69, 9.17) is 0 Å². The number of rotatable bonds is 3. The van der Waals surface area contributed by atoms with E-state index in [-0.39, 0.29) is 11.9 Å². The van der Waals surface area contributed by atoms with Gasteiger partial charge in [-0.3, -0.25) is 4.79 Å². The van der Waals surface area contributed by atoms with Gasteiger partial charge in [0.15, 0.2) is 0 Å². The first-order valence-electron chi connectivity index (χ1n) is 7.32. The van der Waals surface area contributed by atoms with Gasteiger partial charge in [-0.2, -0.15) is 0 Å². The molecule has 2 aliphatic rings. The lowest BCUT2D eigenvalue weighted by molar-refractivity contribution is -0.140. The Morgan fingerprint density at radius 1 is 1.35 bits per heavy atom. The Morgan fingerprint density at radius 2 is 2.10 bits per heavy atom. The van der Waals surface area contributed by atoms with Gasteiger partial charge in [0, 0.05) is 19.1 Å². The van der Waals surface area contributed by atoms with Crippen LogP contribution >= 0.6 is 0 Å². The SMILES string of the molecule is CC1(C(=O)N2CCCC(NS(C)(=O)=O)C2)CCCCN1. The summed E-state index contributed by atoms with van der Waals surface area (Å²) in [6, 6.07) is -0.158. The molecular weight excluding hydrogens is 278 g/mol. The molecule has 0 aromatic heterocycles. The summed E-state index contributed by atoms with van der Waals surface area (Å²) in [5, 5.41) is 3.33. The number of likely N-dealkylation sites (tertiary alicyclic amines) is 1. The van der Waals surface area contributed by atoms with E-state index in [1.54, 1.807) is 0 Å². The fraction of sp³-hybridized carbons (Fsp3) is 0.923. The third kappa shape index (κ3) is 3.93. The minimum Gasteiger partial charge on any atom is -0.340 e. The zero-order valence-corrected chi connectivity index (χ0v) is 13.1. The summed E-state index contributed by atoms with van der Waals surface area (Å²) in [6.45, 7) is 4.03. The number of nitrogens with zero attached hydrogens (tertiary/aromatic N) is 1. The zero-order chi connectivity index (χ0) is 14.8. The maximum atomic E-state index is 12.7. The number of sulfonamides is 1. The van der Waals surface area contributed by atoms with Crippen molar-refractivity contribution in [1.29, 1.82) is 0 Å². The van der Waals surface area contributed by atoms with Gasteiger partial charge >= 0.3 is 0 Å². The van der Waals surface area contributed by atoms with Gasteiger partial charge in [-0.1, -0.05) is 0 Å². The Labute approximate surface area is 121 Å². The summed E-state index contributed by atoms with van der Waals surface area (Å²) in [6.07, 6.45) is 5.83. The average Bonchev–Trinajstić information content (AvgIpc) is 2.37. The lowest BCUT2D eigenvalue weighted by atomic mass is 9.88. The fourth-order valence-corrected chi connectivity index (χ4v) is 3.95. The van der Waals surface area contributed by atoms with E-state index in [9.17, 15) is 13.2 Å². The van der Waals surface area contributed by atoms with E-state index in [2.05, 4.69) is 10.0 Å². The van der Waals surface area contributed by atoms with Crippen molar-refractivity contribution in [2.75, 3.05) is 25.9 Å². The largest absolute Gasteiger partial charge is 0.340 e. The lowest BCUT2D eigenvalue weighted by Crippen LogP contribution is -2.61. The number of hydrogen-bond donors (Lipinski definition) is 2. The molecule has 2 rings (SSSR count).